The molecule has 0 radical (unpaired) electrons. The van der Waals surface area contributed by atoms with Crippen LogP contribution in [0.3, 0.4) is 0 Å². The van der Waals surface area contributed by atoms with Crippen LogP contribution < -0.4 is 16.0 Å². The fourth-order valence-electron chi connectivity index (χ4n) is 2.93. The van der Waals surface area contributed by atoms with Gasteiger partial charge in [-0.25, -0.2) is 15.0 Å². The Balaban J connectivity index is 1.68. The van der Waals surface area contributed by atoms with Gasteiger partial charge in [0.1, 0.15) is 5.82 Å². The van der Waals surface area contributed by atoms with Gasteiger partial charge in [-0.1, -0.05) is 12.1 Å². The molecule has 0 atom stereocenters. The van der Waals surface area contributed by atoms with Crippen LogP contribution in [0.2, 0.25) is 0 Å². The van der Waals surface area contributed by atoms with Crippen LogP contribution in [-0.4, -0.2) is 33.9 Å². The Morgan fingerprint density at radius 3 is 2.78 bits per heavy atom. The third-order valence-electron chi connectivity index (χ3n) is 4.24. The molecule has 27 heavy (non-hydrogen) atoms. The highest BCUT2D eigenvalue weighted by Crippen LogP contribution is 2.22. The maximum atomic E-state index is 12.1. The van der Waals surface area contributed by atoms with Crippen LogP contribution in [-0.2, 0) is 11.2 Å². The summed E-state index contributed by atoms with van der Waals surface area (Å²) in [4.78, 5) is 25.4. The van der Waals surface area contributed by atoms with E-state index in [2.05, 4.69) is 30.9 Å². The second kappa shape index (κ2) is 7.82. The van der Waals surface area contributed by atoms with E-state index in [1.807, 2.05) is 42.5 Å². The number of nitrogens with zero attached hydrogens (tertiary/aromatic N) is 3. The lowest BCUT2D eigenvalue weighted by Gasteiger charge is -2.09. The molecule has 6 bridgehead atoms. The molecule has 3 heterocycles. The molecule has 7 heteroatoms. The molecule has 3 N–H and O–H groups in total. The number of benzene rings is 1. The Bertz CT molecular complexity index is 958. The molecule has 3 aromatic rings. The van der Waals surface area contributed by atoms with Gasteiger partial charge in [0.25, 0.3) is 0 Å². The number of carbonyl (C=O) groups excluding carboxylic acids is 1. The van der Waals surface area contributed by atoms with Gasteiger partial charge in [0.2, 0.25) is 11.9 Å². The molecule has 1 aliphatic rings. The molecule has 136 valence electrons. The number of carbonyl (C=O) groups is 1. The smallest absolute Gasteiger partial charge is 0.227 e. The first-order chi connectivity index (χ1) is 13.3. The summed E-state index contributed by atoms with van der Waals surface area (Å²) in [7, 11) is 0. The summed E-state index contributed by atoms with van der Waals surface area (Å²) in [6.07, 6.45) is 4.64. The number of nitrogens with one attached hydrogen (secondary N) is 3. The van der Waals surface area contributed by atoms with Gasteiger partial charge in [0.15, 0.2) is 0 Å². The number of fused-ring (bicyclic) bond motifs is 7. The van der Waals surface area contributed by atoms with Crippen molar-refractivity contribution in [1.82, 2.24) is 20.3 Å². The fraction of sp³-hybridized carbons (Fsp3) is 0.200. The second-order valence-electron chi connectivity index (χ2n) is 6.33. The maximum Gasteiger partial charge on any atom is 0.227 e. The second-order valence-corrected chi connectivity index (χ2v) is 6.33. The number of anilines is 3. The molecular weight excluding hydrogens is 340 g/mol. The van der Waals surface area contributed by atoms with Gasteiger partial charge < -0.3 is 16.0 Å². The maximum absolute atomic E-state index is 12.1. The number of amides is 1. The summed E-state index contributed by atoms with van der Waals surface area (Å²) in [5.41, 5.74) is 3.56. The van der Waals surface area contributed by atoms with Crippen molar-refractivity contribution in [2.24, 2.45) is 0 Å². The summed E-state index contributed by atoms with van der Waals surface area (Å²) in [5.74, 6) is 1.29. The molecule has 0 saturated heterocycles. The van der Waals surface area contributed by atoms with Crippen LogP contribution in [0.25, 0.3) is 11.3 Å². The molecule has 0 saturated carbocycles. The first-order valence-electron chi connectivity index (χ1n) is 8.92. The molecule has 2 aromatic heterocycles. The van der Waals surface area contributed by atoms with Gasteiger partial charge in [-0.05, 0) is 42.3 Å². The first-order valence-corrected chi connectivity index (χ1v) is 8.92. The Hall–Kier alpha value is -3.48. The largest absolute Gasteiger partial charge is 0.370 e. The minimum absolute atomic E-state index is 0.00911. The monoisotopic (exact) mass is 360 g/mol. The lowest BCUT2D eigenvalue weighted by atomic mass is 10.1. The van der Waals surface area contributed by atoms with Crippen molar-refractivity contribution < 1.29 is 4.79 Å². The van der Waals surface area contributed by atoms with Crippen molar-refractivity contribution in [2.75, 3.05) is 23.7 Å². The van der Waals surface area contributed by atoms with E-state index in [-0.39, 0.29) is 5.91 Å². The normalized spacial score (nSPS) is 14.3. The lowest BCUT2D eigenvalue weighted by Crippen LogP contribution is -2.27. The predicted octanol–water partition coefficient (Wildman–Crippen LogP) is 2.76. The van der Waals surface area contributed by atoms with E-state index >= 15 is 0 Å². The molecule has 1 aromatic carbocycles. The van der Waals surface area contributed by atoms with Crippen molar-refractivity contribution in [2.45, 2.75) is 12.8 Å². The van der Waals surface area contributed by atoms with Crippen molar-refractivity contribution in [3.8, 4) is 11.3 Å². The van der Waals surface area contributed by atoms with Crippen LogP contribution >= 0.6 is 0 Å². The molecule has 0 spiro atoms. The van der Waals surface area contributed by atoms with E-state index in [0.717, 1.165) is 41.3 Å². The van der Waals surface area contributed by atoms with Crippen LogP contribution in [0.15, 0.2) is 54.9 Å². The minimum atomic E-state index is 0.00911. The third-order valence-corrected chi connectivity index (χ3v) is 4.24. The zero-order valence-corrected chi connectivity index (χ0v) is 14.8. The number of hydrogen-bond donors (Lipinski definition) is 3. The van der Waals surface area contributed by atoms with Crippen LogP contribution in [0, 0.1) is 0 Å². The highest BCUT2D eigenvalue weighted by atomic mass is 16.1. The molecule has 0 unspecified atom stereocenters. The highest BCUT2D eigenvalue weighted by Gasteiger charge is 2.08. The van der Waals surface area contributed by atoms with E-state index in [0.29, 0.717) is 18.9 Å². The minimum Gasteiger partial charge on any atom is -0.370 e. The topological polar surface area (TPSA) is 91.8 Å². The fourth-order valence-corrected chi connectivity index (χ4v) is 2.93. The lowest BCUT2D eigenvalue weighted by molar-refractivity contribution is -0.120. The van der Waals surface area contributed by atoms with E-state index in [1.165, 1.54) is 0 Å². The molecule has 1 aliphatic heterocycles. The Kier molecular flexibility index (Phi) is 4.91. The Morgan fingerprint density at radius 2 is 1.81 bits per heavy atom. The van der Waals surface area contributed by atoms with Gasteiger partial charge in [-0.3, -0.25) is 4.79 Å². The zero-order chi connectivity index (χ0) is 18.5. The van der Waals surface area contributed by atoms with Crippen LogP contribution in [0.1, 0.15) is 12.0 Å². The van der Waals surface area contributed by atoms with Crippen LogP contribution in [0.5, 0.6) is 0 Å². The zero-order valence-electron chi connectivity index (χ0n) is 14.8. The van der Waals surface area contributed by atoms with Crippen molar-refractivity contribution in [1.29, 1.82) is 0 Å². The van der Waals surface area contributed by atoms with E-state index in [1.54, 1.807) is 12.4 Å². The Morgan fingerprint density at radius 1 is 0.926 bits per heavy atom. The average Bonchev–Trinajstić information content (AvgIpc) is 2.68. The SMILES string of the molecule is O=C1Cc2cccc(c2)Nc2nccc(n2)-c2ccnc(c2)NCCCN1. The van der Waals surface area contributed by atoms with Gasteiger partial charge in [-0.2, -0.15) is 0 Å². The average molecular weight is 360 g/mol. The van der Waals surface area contributed by atoms with Gasteiger partial charge in [-0.15, -0.1) is 0 Å². The molecule has 1 amide bonds. The summed E-state index contributed by atoms with van der Waals surface area (Å²) < 4.78 is 0. The first kappa shape index (κ1) is 17.0. The number of hydrogen-bond acceptors (Lipinski definition) is 6. The quantitative estimate of drug-likeness (QED) is 0.571. The molecular formula is C20H20N6O. The van der Waals surface area contributed by atoms with Crippen molar-refractivity contribution >= 4 is 23.4 Å². The molecule has 0 aliphatic carbocycles. The molecule has 0 fully saturated rings. The number of rotatable bonds is 0. The Labute approximate surface area is 157 Å². The number of aromatic nitrogens is 3. The van der Waals surface area contributed by atoms with Gasteiger partial charge in [0, 0.05) is 36.7 Å². The van der Waals surface area contributed by atoms with E-state index in [9.17, 15) is 4.79 Å². The van der Waals surface area contributed by atoms with Crippen molar-refractivity contribution in [3.05, 3.63) is 60.4 Å². The highest BCUT2D eigenvalue weighted by molar-refractivity contribution is 5.79. The summed E-state index contributed by atoms with van der Waals surface area (Å²) in [6.45, 7) is 1.35. The van der Waals surface area contributed by atoms with E-state index in [4.69, 9.17) is 0 Å². The molecule has 4 rings (SSSR count). The summed E-state index contributed by atoms with van der Waals surface area (Å²) >= 11 is 0. The van der Waals surface area contributed by atoms with E-state index < -0.39 is 0 Å². The summed E-state index contributed by atoms with van der Waals surface area (Å²) in [5, 5.41) is 9.45. The van der Waals surface area contributed by atoms with Gasteiger partial charge >= 0.3 is 0 Å². The van der Waals surface area contributed by atoms with Crippen molar-refractivity contribution in [3.63, 3.8) is 0 Å². The predicted molar refractivity (Wildman–Crippen MR) is 105 cm³/mol. The third kappa shape index (κ3) is 4.38. The molecule has 7 nitrogen and oxygen atoms in total. The van der Waals surface area contributed by atoms with Gasteiger partial charge in [0.05, 0.1) is 12.1 Å². The summed E-state index contributed by atoms with van der Waals surface area (Å²) in [6, 6.07) is 13.5. The standard InChI is InChI=1S/C20H20N6O/c27-19-12-14-3-1-4-16(11-14)25-20-24-10-6-17(26-20)15-5-9-22-18(13-15)21-7-2-8-23-19/h1,3-6,9-11,13H,2,7-8,12H2,(H,21,22)(H,23,27)(H,24,25,26). The number of pyridine rings is 1. The van der Waals surface area contributed by atoms with Crippen LogP contribution in [0.4, 0.5) is 17.5 Å².